The molecule has 0 saturated carbocycles. The first-order valence-corrected chi connectivity index (χ1v) is 8.61. The highest BCUT2D eigenvalue weighted by Crippen LogP contribution is 2.38. The minimum Gasteiger partial charge on any atom is -0.308 e. The Morgan fingerprint density at radius 2 is 1.96 bits per heavy atom. The van der Waals surface area contributed by atoms with E-state index in [4.69, 9.17) is 0 Å². The van der Waals surface area contributed by atoms with Crippen molar-refractivity contribution in [2.45, 2.75) is 19.2 Å². The Morgan fingerprint density at radius 1 is 1.22 bits per heavy atom. The number of carbonyl (C=O) groups is 1. The fourth-order valence-corrected chi connectivity index (χ4v) is 3.81. The summed E-state index contributed by atoms with van der Waals surface area (Å²) in [7, 11) is 0. The fourth-order valence-electron chi connectivity index (χ4n) is 2.55. The number of nitrogens with zero attached hydrogens (tertiary/aromatic N) is 1. The van der Waals surface area contributed by atoms with Gasteiger partial charge in [0.25, 0.3) is 0 Å². The fraction of sp³-hybridized carbons (Fsp3) is 0.278. The molecule has 5 heteroatoms. The molecule has 2 aromatic carbocycles. The van der Waals surface area contributed by atoms with E-state index >= 15 is 0 Å². The molecule has 0 spiro atoms. The van der Waals surface area contributed by atoms with Crippen molar-refractivity contribution >= 4 is 23.5 Å². The van der Waals surface area contributed by atoms with Gasteiger partial charge in [-0.25, -0.2) is 9.18 Å². The van der Waals surface area contributed by atoms with E-state index in [0.717, 1.165) is 11.3 Å². The molecule has 1 atom stereocenters. The van der Waals surface area contributed by atoms with Crippen molar-refractivity contribution in [3.8, 4) is 0 Å². The lowest BCUT2D eigenvalue weighted by Gasteiger charge is -2.24. The molecular weight excluding hydrogens is 311 g/mol. The minimum atomic E-state index is -0.311. The van der Waals surface area contributed by atoms with E-state index in [9.17, 15) is 9.18 Å². The van der Waals surface area contributed by atoms with Gasteiger partial charge in [0, 0.05) is 18.0 Å². The van der Waals surface area contributed by atoms with E-state index in [1.54, 1.807) is 35.7 Å². The molecular formula is C18H19FN2OS. The lowest BCUT2D eigenvalue weighted by Crippen LogP contribution is -2.34. The topological polar surface area (TPSA) is 32.3 Å². The van der Waals surface area contributed by atoms with Crippen LogP contribution in [0, 0.1) is 19.7 Å². The zero-order valence-electron chi connectivity index (χ0n) is 13.2. The molecule has 1 unspecified atom stereocenters. The zero-order chi connectivity index (χ0) is 16.4. The highest BCUT2D eigenvalue weighted by atomic mass is 32.2. The molecule has 1 fully saturated rings. The number of anilines is 1. The van der Waals surface area contributed by atoms with E-state index in [1.165, 1.54) is 11.6 Å². The second kappa shape index (κ2) is 6.62. The van der Waals surface area contributed by atoms with Gasteiger partial charge < -0.3 is 10.2 Å². The number of hydrogen-bond acceptors (Lipinski definition) is 2. The molecule has 0 bridgehead atoms. The van der Waals surface area contributed by atoms with Crippen LogP contribution in [0.2, 0.25) is 0 Å². The Hall–Kier alpha value is -2.01. The summed E-state index contributed by atoms with van der Waals surface area (Å²) in [4.78, 5) is 14.3. The monoisotopic (exact) mass is 330 g/mol. The quantitative estimate of drug-likeness (QED) is 0.864. The van der Waals surface area contributed by atoms with Crippen molar-refractivity contribution in [1.29, 1.82) is 0 Å². The van der Waals surface area contributed by atoms with Gasteiger partial charge in [0.1, 0.15) is 11.2 Å². The molecule has 2 amide bonds. The summed E-state index contributed by atoms with van der Waals surface area (Å²) < 4.78 is 13.6. The SMILES string of the molecule is Cc1ccc(C2SCCN2C(=O)Nc2ccc(C)c(F)c2)cc1. The van der Waals surface area contributed by atoms with Crippen LogP contribution < -0.4 is 5.32 Å². The number of aryl methyl sites for hydroxylation is 2. The van der Waals surface area contributed by atoms with Crippen molar-refractivity contribution < 1.29 is 9.18 Å². The van der Waals surface area contributed by atoms with E-state index in [0.29, 0.717) is 17.8 Å². The number of nitrogens with one attached hydrogen (secondary N) is 1. The summed E-state index contributed by atoms with van der Waals surface area (Å²) >= 11 is 1.74. The van der Waals surface area contributed by atoms with Gasteiger partial charge in [0.05, 0.1) is 0 Å². The van der Waals surface area contributed by atoms with Crippen LogP contribution in [0.25, 0.3) is 0 Å². The van der Waals surface area contributed by atoms with Gasteiger partial charge in [0.15, 0.2) is 0 Å². The van der Waals surface area contributed by atoms with Crippen LogP contribution in [0.3, 0.4) is 0 Å². The number of urea groups is 1. The normalized spacial score (nSPS) is 17.3. The van der Waals surface area contributed by atoms with E-state index in [-0.39, 0.29) is 17.2 Å². The van der Waals surface area contributed by atoms with Crippen molar-refractivity contribution in [2.75, 3.05) is 17.6 Å². The first-order chi connectivity index (χ1) is 11.0. The Morgan fingerprint density at radius 3 is 2.65 bits per heavy atom. The van der Waals surface area contributed by atoms with Crippen LogP contribution in [-0.2, 0) is 0 Å². The highest BCUT2D eigenvalue weighted by molar-refractivity contribution is 7.99. The van der Waals surface area contributed by atoms with Gasteiger partial charge in [-0.2, -0.15) is 0 Å². The maximum absolute atomic E-state index is 13.6. The number of halogens is 1. The second-order valence-electron chi connectivity index (χ2n) is 5.72. The molecule has 120 valence electrons. The molecule has 3 rings (SSSR count). The maximum Gasteiger partial charge on any atom is 0.323 e. The van der Waals surface area contributed by atoms with E-state index < -0.39 is 0 Å². The highest BCUT2D eigenvalue weighted by Gasteiger charge is 2.30. The summed E-state index contributed by atoms with van der Waals surface area (Å²) in [5.74, 6) is 0.586. The Kier molecular flexibility index (Phi) is 4.57. The van der Waals surface area contributed by atoms with Crippen LogP contribution in [0.15, 0.2) is 42.5 Å². The third kappa shape index (κ3) is 3.50. The number of hydrogen-bond donors (Lipinski definition) is 1. The van der Waals surface area contributed by atoms with Gasteiger partial charge in [-0.15, -0.1) is 11.8 Å². The number of thioether (sulfide) groups is 1. The first kappa shape index (κ1) is 15.9. The Bertz CT molecular complexity index is 717. The van der Waals surface area contributed by atoms with Crippen molar-refractivity contribution in [1.82, 2.24) is 4.90 Å². The predicted molar refractivity (Wildman–Crippen MR) is 93.2 cm³/mol. The van der Waals surface area contributed by atoms with Gasteiger partial charge in [-0.1, -0.05) is 35.9 Å². The largest absolute Gasteiger partial charge is 0.323 e. The smallest absolute Gasteiger partial charge is 0.308 e. The summed E-state index contributed by atoms with van der Waals surface area (Å²) in [5, 5.41) is 2.80. The average molecular weight is 330 g/mol. The average Bonchev–Trinajstić information content (AvgIpc) is 3.01. The van der Waals surface area contributed by atoms with Gasteiger partial charge in [-0.05, 0) is 37.1 Å². The molecule has 1 heterocycles. The van der Waals surface area contributed by atoms with Crippen LogP contribution in [-0.4, -0.2) is 23.2 Å². The summed E-state index contributed by atoms with van der Waals surface area (Å²) in [6.07, 6.45) is 0. The molecule has 1 aliphatic rings. The van der Waals surface area contributed by atoms with Gasteiger partial charge in [-0.3, -0.25) is 0 Å². The Balaban J connectivity index is 1.75. The van der Waals surface area contributed by atoms with Crippen molar-refractivity contribution in [3.63, 3.8) is 0 Å². The number of rotatable bonds is 2. The van der Waals surface area contributed by atoms with Crippen LogP contribution >= 0.6 is 11.8 Å². The van der Waals surface area contributed by atoms with Crippen molar-refractivity contribution in [3.05, 3.63) is 65.0 Å². The van der Waals surface area contributed by atoms with E-state index in [1.807, 2.05) is 6.92 Å². The first-order valence-electron chi connectivity index (χ1n) is 7.56. The maximum atomic E-state index is 13.6. The zero-order valence-corrected chi connectivity index (χ0v) is 14.0. The molecule has 2 aromatic rings. The second-order valence-corrected chi connectivity index (χ2v) is 6.91. The summed E-state index contributed by atoms with van der Waals surface area (Å²) in [5.41, 5.74) is 3.36. The van der Waals surface area contributed by atoms with Gasteiger partial charge in [0.2, 0.25) is 0 Å². The summed E-state index contributed by atoms with van der Waals surface area (Å²) in [6.45, 7) is 4.43. The molecule has 23 heavy (non-hydrogen) atoms. The minimum absolute atomic E-state index is 0.00546. The molecule has 1 aliphatic heterocycles. The third-order valence-electron chi connectivity index (χ3n) is 3.94. The van der Waals surface area contributed by atoms with E-state index in [2.05, 4.69) is 29.6 Å². The van der Waals surface area contributed by atoms with Crippen LogP contribution in [0.5, 0.6) is 0 Å². The van der Waals surface area contributed by atoms with Gasteiger partial charge >= 0.3 is 6.03 Å². The number of carbonyl (C=O) groups excluding carboxylic acids is 1. The van der Waals surface area contributed by atoms with Crippen molar-refractivity contribution in [2.24, 2.45) is 0 Å². The molecule has 3 nitrogen and oxygen atoms in total. The number of amides is 2. The molecule has 0 aromatic heterocycles. The summed E-state index contributed by atoms with van der Waals surface area (Å²) in [6, 6.07) is 12.8. The molecule has 0 radical (unpaired) electrons. The Labute approximate surface area is 139 Å². The molecule has 1 saturated heterocycles. The predicted octanol–water partition coefficient (Wildman–Crippen LogP) is 4.72. The molecule has 1 N–H and O–H groups in total. The standard InChI is InChI=1S/C18H19FN2OS/c1-12-3-6-14(7-4-12)17-21(9-10-23-17)18(22)20-15-8-5-13(2)16(19)11-15/h3-8,11,17H,9-10H2,1-2H3,(H,20,22). The number of benzene rings is 2. The molecule has 0 aliphatic carbocycles. The lowest BCUT2D eigenvalue weighted by atomic mass is 10.1. The van der Waals surface area contributed by atoms with Crippen LogP contribution in [0.4, 0.5) is 14.9 Å². The van der Waals surface area contributed by atoms with Crippen LogP contribution in [0.1, 0.15) is 22.1 Å². The third-order valence-corrected chi connectivity index (χ3v) is 5.20. The lowest BCUT2D eigenvalue weighted by molar-refractivity contribution is 0.214.